The Morgan fingerprint density at radius 2 is 1.89 bits per heavy atom. The zero-order valence-electron chi connectivity index (χ0n) is 11.9. The molecule has 0 aliphatic rings. The van der Waals surface area contributed by atoms with Crippen LogP contribution in [0.4, 0.5) is 0 Å². The van der Waals surface area contributed by atoms with Crippen LogP contribution in [-0.2, 0) is 4.74 Å². The van der Waals surface area contributed by atoms with Gasteiger partial charge < -0.3 is 14.8 Å². The Kier molecular flexibility index (Phi) is 6.16. The maximum atomic E-state index is 5.81. The molecule has 1 atom stereocenters. The fourth-order valence-electron chi connectivity index (χ4n) is 1.66. The molecule has 1 unspecified atom stereocenters. The third-order valence-electron chi connectivity index (χ3n) is 3.17. The number of ether oxygens (including phenoxy) is 2. The zero-order valence-corrected chi connectivity index (χ0v) is 11.9. The molecule has 1 aromatic carbocycles. The Hall–Kier alpha value is -1.06. The quantitative estimate of drug-likeness (QED) is 0.770. The number of rotatable bonds is 8. The Balaban J connectivity index is 2.56. The summed E-state index contributed by atoms with van der Waals surface area (Å²) in [6.45, 7) is 7.88. The molecule has 0 radical (unpaired) electrons. The molecule has 0 saturated carbocycles. The van der Waals surface area contributed by atoms with Crippen LogP contribution in [0.1, 0.15) is 27.2 Å². The van der Waals surface area contributed by atoms with E-state index in [1.807, 2.05) is 30.3 Å². The Morgan fingerprint density at radius 3 is 2.44 bits per heavy atom. The van der Waals surface area contributed by atoms with Crippen molar-refractivity contribution in [1.29, 1.82) is 0 Å². The van der Waals surface area contributed by atoms with E-state index in [4.69, 9.17) is 9.47 Å². The van der Waals surface area contributed by atoms with Gasteiger partial charge >= 0.3 is 0 Å². The predicted molar refractivity (Wildman–Crippen MR) is 75.1 cm³/mol. The number of para-hydroxylation sites is 1. The van der Waals surface area contributed by atoms with Crippen molar-refractivity contribution in [2.45, 2.75) is 38.8 Å². The Morgan fingerprint density at radius 1 is 1.22 bits per heavy atom. The van der Waals surface area contributed by atoms with E-state index >= 15 is 0 Å². The van der Waals surface area contributed by atoms with Gasteiger partial charge in [-0.05, 0) is 38.9 Å². The third-order valence-corrected chi connectivity index (χ3v) is 3.17. The largest absolute Gasteiger partial charge is 0.492 e. The number of nitrogens with one attached hydrogen (secondary N) is 1. The van der Waals surface area contributed by atoms with Gasteiger partial charge in [0.15, 0.2) is 0 Å². The smallest absolute Gasteiger partial charge is 0.119 e. The first-order valence-corrected chi connectivity index (χ1v) is 6.56. The van der Waals surface area contributed by atoms with E-state index in [0.717, 1.165) is 18.7 Å². The number of hydrogen-bond acceptors (Lipinski definition) is 3. The Labute approximate surface area is 110 Å². The van der Waals surface area contributed by atoms with E-state index < -0.39 is 0 Å². The van der Waals surface area contributed by atoms with Crippen molar-refractivity contribution in [2.24, 2.45) is 0 Å². The lowest BCUT2D eigenvalue weighted by Crippen LogP contribution is -2.51. The minimum atomic E-state index is -0.246. The molecule has 0 fully saturated rings. The molecule has 0 saturated heterocycles. The second-order valence-corrected chi connectivity index (χ2v) is 4.94. The monoisotopic (exact) mass is 251 g/mol. The molecule has 0 aromatic heterocycles. The lowest BCUT2D eigenvalue weighted by molar-refractivity contribution is -0.0225. The van der Waals surface area contributed by atoms with Crippen LogP contribution >= 0.6 is 0 Å². The lowest BCUT2D eigenvalue weighted by atomic mass is 9.99. The molecule has 0 amide bonds. The van der Waals surface area contributed by atoms with E-state index in [0.29, 0.717) is 6.61 Å². The first kappa shape index (κ1) is 15.0. The minimum absolute atomic E-state index is 0.169. The summed E-state index contributed by atoms with van der Waals surface area (Å²) >= 11 is 0. The zero-order chi connectivity index (χ0) is 13.4. The molecule has 1 aromatic rings. The standard InChI is InChI=1S/C15H25NO2/c1-5-11-16-14(15(2,3)17-4)12-18-13-9-7-6-8-10-13/h6-10,14,16H,5,11-12H2,1-4H3. The predicted octanol–water partition coefficient (Wildman–Crippen LogP) is 2.86. The first-order valence-electron chi connectivity index (χ1n) is 6.56. The molecule has 0 aliphatic carbocycles. The average molecular weight is 251 g/mol. The summed E-state index contributed by atoms with van der Waals surface area (Å²) in [6, 6.07) is 10.0. The summed E-state index contributed by atoms with van der Waals surface area (Å²) in [5.41, 5.74) is -0.246. The van der Waals surface area contributed by atoms with Crippen molar-refractivity contribution in [3.8, 4) is 5.75 Å². The fourth-order valence-corrected chi connectivity index (χ4v) is 1.66. The van der Waals surface area contributed by atoms with Crippen LogP contribution in [0.5, 0.6) is 5.75 Å². The van der Waals surface area contributed by atoms with Gasteiger partial charge in [-0.3, -0.25) is 0 Å². The summed E-state index contributed by atoms with van der Waals surface area (Å²) in [7, 11) is 1.74. The van der Waals surface area contributed by atoms with E-state index in [9.17, 15) is 0 Å². The maximum absolute atomic E-state index is 5.81. The first-order chi connectivity index (χ1) is 8.60. The van der Waals surface area contributed by atoms with Crippen molar-refractivity contribution in [1.82, 2.24) is 5.32 Å². The molecule has 0 spiro atoms. The highest BCUT2D eigenvalue weighted by Gasteiger charge is 2.29. The molecule has 3 heteroatoms. The highest BCUT2D eigenvalue weighted by atomic mass is 16.5. The summed E-state index contributed by atoms with van der Waals surface area (Å²) in [4.78, 5) is 0. The lowest BCUT2D eigenvalue weighted by Gasteiger charge is -2.33. The van der Waals surface area contributed by atoms with Gasteiger partial charge in [0.25, 0.3) is 0 Å². The molecule has 3 nitrogen and oxygen atoms in total. The van der Waals surface area contributed by atoms with Gasteiger partial charge in [-0.15, -0.1) is 0 Å². The van der Waals surface area contributed by atoms with Gasteiger partial charge in [0.2, 0.25) is 0 Å². The van der Waals surface area contributed by atoms with Crippen LogP contribution in [0.2, 0.25) is 0 Å². The molecule has 0 aliphatic heterocycles. The average Bonchev–Trinajstić information content (AvgIpc) is 2.39. The molecule has 0 heterocycles. The molecule has 0 bridgehead atoms. The van der Waals surface area contributed by atoms with Crippen molar-refractivity contribution in [3.05, 3.63) is 30.3 Å². The molecular weight excluding hydrogens is 226 g/mol. The van der Waals surface area contributed by atoms with Gasteiger partial charge in [-0.25, -0.2) is 0 Å². The van der Waals surface area contributed by atoms with Crippen molar-refractivity contribution >= 4 is 0 Å². The number of methoxy groups -OCH3 is 1. The second-order valence-electron chi connectivity index (χ2n) is 4.94. The topological polar surface area (TPSA) is 30.5 Å². The summed E-state index contributed by atoms with van der Waals surface area (Å²) < 4.78 is 11.4. The molecule has 1 rings (SSSR count). The minimum Gasteiger partial charge on any atom is -0.492 e. The van der Waals surface area contributed by atoms with Crippen LogP contribution in [0, 0.1) is 0 Å². The number of hydrogen-bond donors (Lipinski definition) is 1. The van der Waals surface area contributed by atoms with Crippen molar-refractivity contribution in [2.75, 3.05) is 20.3 Å². The third kappa shape index (κ3) is 4.67. The highest BCUT2D eigenvalue weighted by molar-refractivity contribution is 5.21. The fraction of sp³-hybridized carbons (Fsp3) is 0.600. The van der Waals surface area contributed by atoms with Gasteiger partial charge in [0.1, 0.15) is 12.4 Å². The van der Waals surface area contributed by atoms with Gasteiger partial charge in [0.05, 0.1) is 11.6 Å². The van der Waals surface area contributed by atoms with E-state index in [2.05, 4.69) is 26.1 Å². The SMILES string of the molecule is CCCNC(COc1ccccc1)C(C)(C)OC. The van der Waals surface area contributed by atoms with Gasteiger partial charge in [0, 0.05) is 7.11 Å². The van der Waals surface area contributed by atoms with Gasteiger partial charge in [-0.2, -0.15) is 0 Å². The highest BCUT2D eigenvalue weighted by Crippen LogP contribution is 2.16. The van der Waals surface area contributed by atoms with E-state index in [-0.39, 0.29) is 11.6 Å². The number of benzene rings is 1. The van der Waals surface area contributed by atoms with Crippen molar-refractivity contribution in [3.63, 3.8) is 0 Å². The molecule has 102 valence electrons. The molecule has 18 heavy (non-hydrogen) atoms. The van der Waals surface area contributed by atoms with Gasteiger partial charge in [-0.1, -0.05) is 25.1 Å². The second kappa shape index (κ2) is 7.39. The van der Waals surface area contributed by atoms with Crippen LogP contribution < -0.4 is 10.1 Å². The summed E-state index contributed by atoms with van der Waals surface area (Å²) in [5, 5.41) is 3.48. The Bertz CT molecular complexity index is 325. The van der Waals surface area contributed by atoms with Crippen LogP contribution in [0.15, 0.2) is 30.3 Å². The van der Waals surface area contributed by atoms with Crippen molar-refractivity contribution < 1.29 is 9.47 Å². The maximum Gasteiger partial charge on any atom is 0.119 e. The van der Waals surface area contributed by atoms with Crippen LogP contribution in [-0.4, -0.2) is 31.9 Å². The summed E-state index contributed by atoms with van der Waals surface area (Å²) in [6.07, 6.45) is 1.10. The molecule has 1 N–H and O–H groups in total. The van der Waals surface area contributed by atoms with Crippen LogP contribution in [0.25, 0.3) is 0 Å². The molecular formula is C15H25NO2. The van der Waals surface area contributed by atoms with E-state index in [1.165, 1.54) is 0 Å². The normalized spacial score (nSPS) is 13.3. The summed E-state index contributed by atoms with van der Waals surface area (Å²) in [5.74, 6) is 0.896. The van der Waals surface area contributed by atoms with E-state index in [1.54, 1.807) is 7.11 Å². The van der Waals surface area contributed by atoms with Crippen LogP contribution in [0.3, 0.4) is 0 Å².